The third kappa shape index (κ3) is 5.71. The van der Waals surface area contributed by atoms with Crippen LogP contribution in [0.5, 0.6) is 0 Å². The number of nitrogens with one attached hydrogen (secondary N) is 1. The van der Waals surface area contributed by atoms with Gasteiger partial charge in [0, 0.05) is 19.1 Å². The maximum atomic E-state index is 12.6. The minimum absolute atomic E-state index is 0.0624. The normalized spacial score (nSPS) is 27.2. The molecule has 0 radical (unpaired) electrons. The molecule has 1 aliphatic carbocycles. The van der Waals surface area contributed by atoms with Gasteiger partial charge in [-0.05, 0) is 37.6 Å². The third-order valence-corrected chi connectivity index (χ3v) is 4.19. The predicted molar refractivity (Wildman–Crippen MR) is 73.5 cm³/mol. The molecule has 1 fully saturated rings. The first-order chi connectivity index (χ1) is 8.88. The van der Waals surface area contributed by atoms with Crippen LogP contribution in [0.25, 0.3) is 0 Å². The van der Waals surface area contributed by atoms with E-state index in [1.807, 2.05) is 7.05 Å². The number of rotatable bonds is 7. The topological polar surface area (TPSA) is 35.5 Å². The molecule has 0 saturated heterocycles. The zero-order valence-corrected chi connectivity index (χ0v) is 12.3. The van der Waals surface area contributed by atoms with E-state index in [1.54, 1.807) is 4.90 Å². The lowest BCUT2D eigenvalue weighted by molar-refractivity contribution is 0.0474. The average molecular weight is 278 g/mol. The van der Waals surface area contributed by atoms with Crippen LogP contribution in [0.3, 0.4) is 0 Å². The molecule has 0 aromatic rings. The highest BCUT2D eigenvalue weighted by molar-refractivity contribution is 4.89. The summed E-state index contributed by atoms with van der Waals surface area (Å²) >= 11 is 0. The summed E-state index contributed by atoms with van der Waals surface area (Å²) in [6.45, 7) is 5.16. The Bertz CT molecular complexity index is 262. The lowest BCUT2D eigenvalue weighted by Crippen LogP contribution is -2.47. The molecule has 5 heteroatoms. The second kappa shape index (κ2) is 7.50. The SMILES string of the molecule is CNC1CCC(C)(C)CC1CN(CCO)CC(F)F. The van der Waals surface area contributed by atoms with Gasteiger partial charge >= 0.3 is 0 Å². The van der Waals surface area contributed by atoms with Gasteiger partial charge < -0.3 is 10.4 Å². The van der Waals surface area contributed by atoms with Gasteiger partial charge in [-0.2, -0.15) is 0 Å². The van der Waals surface area contributed by atoms with Gasteiger partial charge in [0.1, 0.15) is 0 Å². The molecule has 0 bridgehead atoms. The summed E-state index contributed by atoms with van der Waals surface area (Å²) in [5.41, 5.74) is 0.285. The molecule has 0 aromatic carbocycles. The van der Waals surface area contributed by atoms with E-state index in [2.05, 4.69) is 19.2 Å². The molecule has 0 spiro atoms. The maximum absolute atomic E-state index is 12.6. The Morgan fingerprint density at radius 2 is 2.11 bits per heavy atom. The van der Waals surface area contributed by atoms with Gasteiger partial charge in [-0.3, -0.25) is 4.90 Å². The van der Waals surface area contributed by atoms with Gasteiger partial charge in [-0.25, -0.2) is 8.78 Å². The zero-order chi connectivity index (χ0) is 14.5. The molecule has 2 N–H and O–H groups in total. The van der Waals surface area contributed by atoms with E-state index in [-0.39, 0.29) is 18.6 Å². The molecule has 19 heavy (non-hydrogen) atoms. The number of halogens is 2. The molecular formula is C14H28F2N2O. The summed E-state index contributed by atoms with van der Waals surface area (Å²) in [5, 5.41) is 12.3. The van der Waals surface area contributed by atoms with E-state index >= 15 is 0 Å². The molecule has 0 aromatic heterocycles. The Kier molecular flexibility index (Phi) is 6.63. The van der Waals surface area contributed by atoms with Crippen LogP contribution >= 0.6 is 0 Å². The minimum atomic E-state index is -2.34. The first kappa shape index (κ1) is 16.8. The molecule has 2 atom stereocenters. The summed E-state index contributed by atoms with van der Waals surface area (Å²) in [6.07, 6.45) is 0.972. The molecule has 1 rings (SSSR count). The van der Waals surface area contributed by atoms with E-state index in [1.165, 1.54) is 6.42 Å². The Morgan fingerprint density at radius 1 is 1.42 bits per heavy atom. The van der Waals surface area contributed by atoms with Crippen molar-refractivity contribution in [2.24, 2.45) is 11.3 Å². The predicted octanol–water partition coefficient (Wildman–Crippen LogP) is 1.96. The van der Waals surface area contributed by atoms with E-state index in [4.69, 9.17) is 5.11 Å². The van der Waals surface area contributed by atoms with Crippen LogP contribution in [-0.4, -0.2) is 55.8 Å². The summed E-state index contributed by atoms with van der Waals surface area (Å²) in [6, 6.07) is 0.395. The minimum Gasteiger partial charge on any atom is -0.395 e. The fourth-order valence-electron chi connectivity index (χ4n) is 3.23. The van der Waals surface area contributed by atoms with Crippen molar-refractivity contribution in [3.63, 3.8) is 0 Å². The fraction of sp³-hybridized carbons (Fsp3) is 1.00. The lowest BCUT2D eigenvalue weighted by atomic mass is 9.69. The molecule has 0 amide bonds. The van der Waals surface area contributed by atoms with E-state index in [0.29, 0.717) is 25.0 Å². The Labute approximate surface area is 115 Å². The first-order valence-electron chi connectivity index (χ1n) is 7.16. The summed E-state index contributed by atoms with van der Waals surface area (Å²) in [4.78, 5) is 1.70. The first-order valence-corrected chi connectivity index (χ1v) is 7.16. The van der Waals surface area contributed by atoms with Crippen molar-refractivity contribution >= 4 is 0 Å². The van der Waals surface area contributed by atoms with Crippen molar-refractivity contribution in [2.45, 2.75) is 45.6 Å². The number of hydrogen-bond donors (Lipinski definition) is 2. The van der Waals surface area contributed by atoms with E-state index < -0.39 is 6.43 Å². The molecule has 1 aliphatic rings. The molecule has 114 valence electrons. The average Bonchev–Trinajstić information content (AvgIpc) is 2.27. The molecule has 2 unspecified atom stereocenters. The van der Waals surface area contributed by atoms with Crippen molar-refractivity contribution in [2.75, 3.05) is 33.3 Å². The maximum Gasteiger partial charge on any atom is 0.251 e. The number of nitrogens with zero attached hydrogens (tertiary/aromatic N) is 1. The fourth-order valence-corrected chi connectivity index (χ4v) is 3.23. The second-order valence-corrected chi connectivity index (χ2v) is 6.44. The summed E-state index contributed by atoms with van der Waals surface area (Å²) in [7, 11) is 1.94. The van der Waals surface area contributed by atoms with Crippen LogP contribution in [0, 0.1) is 11.3 Å². The quantitative estimate of drug-likeness (QED) is 0.747. The van der Waals surface area contributed by atoms with E-state index in [0.717, 1.165) is 12.8 Å². The van der Waals surface area contributed by atoms with Crippen molar-refractivity contribution in [1.82, 2.24) is 10.2 Å². The van der Waals surface area contributed by atoms with Gasteiger partial charge in [0.15, 0.2) is 0 Å². The number of alkyl halides is 2. The number of aliphatic hydroxyl groups excluding tert-OH is 1. The van der Waals surface area contributed by atoms with Crippen LogP contribution in [0.1, 0.15) is 33.1 Å². The van der Waals surface area contributed by atoms with Crippen molar-refractivity contribution in [3.05, 3.63) is 0 Å². The number of aliphatic hydroxyl groups is 1. The van der Waals surface area contributed by atoms with Crippen molar-refractivity contribution < 1.29 is 13.9 Å². The Balaban J connectivity index is 2.62. The monoisotopic (exact) mass is 278 g/mol. The van der Waals surface area contributed by atoms with Crippen LogP contribution in [-0.2, 0) is 0 Å². The number of hydrogen-bond acceptors (Lipinski definition) is 3. The smallest absolute Gasteiger partial charge is 0.251 e. The summed E-state index contributed by atoms with van der Waals surface area (Å²) in [5.74, 6) is 0.374. The van der Waals surface area contributed by atoms with Crippen molar-refractivity contribution in [3.8, 4) is 0 Å². The van der Waals surface area contributed by atoms with Gasteiger partial charge in [0.05, 0.1) is 13.2 Å². The third-order valence-electron chi connectivity index (χ3n) is 4.19. The van der Waals surface area contributed by atoms with Gasteiger partial charge in [0.2, 0.25) is 0 Å². The molecular weight excluding hydrogens is 250 g/mol. The van der Waals surface area contributed by atoms with Crippen LogP contribution in [0.2, 0.25) is 0 Å². The van der Waals surface area contributed by atoms with Gasteiger partial charge in [-0.15, -0.1) is 0 Å². The molecule has 3 nitrogen and oxygen atoms in total. The van der Waals surface area contributed by atoms with E-state index in [9.17, 15) is 8.78 Å². The van der Waals surface area contributed by atoms with Crippen LogP contribution in [0.4, 0.5) is 8.78 Å². The highest BCUT2D eigenvalue weighted by Crippen LogP contribution is 2.39. The summed E-state index contributed by atoms with van der Waals surface area (Å²) < 4.78 is 25.1. The largest absolute Gasteiger partial charge is 0.395 e. The molecule has 0 heterocycles. The lowest BCUT2D eigenvalue weighted by Gasteiger charge is -2.42. The Morgan fingerprint density at radius 3 is 2.63 bits per heavy atom. The highest BCUT2D eigenvalue weighted by Gasteiger charge is 2.35. The highest BCUT2D eigenvalue weighted by atomic mass is 19.3. The Hall–Kier alpha value is -0.260. The second-order valence-electron chi connectivity index (χ2n) is 6.44. The zero-order valence-electron chi connectivity index (χ0n) is 12.3. The molecule has 0 aliphatic heterocycles. The van der Waals surface area contributed by atoms with Crippen molar-refractivity contribution in [1.29, 1.82) is 0 Å². The standard InChI is InChI=1S/C14H28F2N2O/c1-14(2)5-4-12(17-3)11(8-14)9-18(6-7-19)10-13(15)16/h11-13,17,19H,4-10H2,1-3H3. The molecule has 1 saturated carbocycles. The van der Waals surface area contributed by atoms with Crippen LogP contribution < -0.4 is 5.32 Å². The van der Waals surface area contributed by atoms with Gasteiger partial charge in [0.25, 0.3) is 6.43 Å². The van der Waals surface area contributed by atoms with Crippen LogP contribution in [0.15, 0.2) is 0 Å². The van der Waals surface area contributed by atoms with Gasteiger partial charge in [-0.1, -0.05) is 13.8 Å².